The van der Waals surface area contributed by atoms with Gasteiger partial charge in [0.25, 0.3) is 0 Å². The second-order valence-electron chi connectivity index (χ2n) is 8.31. The molecule has 2 aliphatic carbocycles. The van der Waals surface area contributed by atoms with Crippen molar-refractivity contribution in [3.05, 3.63) is 35.4 Å². The highest BCUT2D eigenvalue weighted by molar-refractivity contribution is 6.00. The molecule has 0 aliphatic heterocycles. The summed E-state index contributed by atoms with van der Waals surface area (Å²) in [5.74, 6) is -0.119. The minimum atomic E-state index is -4.21. The predicted octanol–water partition coefficient (Wildman–Crippen LogP) is 4.54. The summed E-state index contributed by atoms with van der Waals surface area (Å²) in [6, 6.07) is 6.88. The Morgan fingerprint density at radius 1 is 1.14 bits per heavy atom. The Balaban J connectivity index is 1.57. The zero-order valence-electron chi connectivity index (χ0n) is 15.9. The Hall–Kier alpha value is -1.69. The summed E-state index contributed by atoms with van der Waals surface area (Å²) in [6.07, 6.45) is -0.324. The van der Waals surface area contributed by atoms with Gasteiger partial charge < -0.3 is 5.11 Å². The zero-order valence-corrected chi connectivity index (χ0v) is 15.9. The van der Waals surface area contributed by atoms with Crippen LogP contribution in [0.2, 0.25) is 0 Å². The van der Waals surface area contributed by atoms with Gasteiger partial charge in [-0.2, -0.15) is 13.2 Å². The Bertz CT molecular complexity index is 722. The molecule has 2 unspecified atom stereocenters. The van der Waals surface area contributed by atoms with E-state index in [1.165, 1.54) is 0 Å². The third-order valence-electron chi connectivity index (χ3n) is 6.41. The summed E-state index contributed by atoms with van der Waals surface area (Å²) in [5.41, 5.74) is -0.474. The molecular weight excluding hydrogens is 369 g/mol. The Labute approximate surface area is 163 Å². The number of hydrogen-bond donors (Lipinski definition) is 1. The standard InChI is InChI=1S/C22H27F3O3/c23-22(24,25)21(10-11-21)19-4-2-1-3-16(19)7-5-15-6-8-17(13-15)20(28)14-18(27)9-12-26/h1-4,15,17,26H,5-14H2. The van der Waals surface area contributed by atoms with Crippen LogP contribution in [0.5, 0.6) is 0 Å². The summed E-state index contributed by atoms with van der Waals surface area (Å²) in [6.45, 7) is -0.238. The fraction of sp³-hybridized carbons (Fsp3) is 0.636. The quantitative estimate of drug-likeness (QED) is 0.624. The first-order valence-corrected chi connectivity index (χ1v) is 10.1. The number of halogens is 3. The zero-order chi connectivity index (χ0) is 20.4. The maximum atomic E-state index is 13.5. The van der Waals surface area contributed by atoms with Gasteiger partial charge in [-0.25, -0.2) is 0 Å². The maximum Gasteiger partial charge on any atom is 0.398 e. The number of aliphatic hydroxyl groups is 1. The van der Waals surface area contributed by atoms with E-state index >= 15 is 0 Å². The predicted molar refractivity (Wildman–Crippen MR) is 98.9 cm³/mol. The fourth-order valence-electron chi connectivity index (χ4n) is 4.58. The van der Waals surface area contributed by atoms with E-state index in [4.69, 9.17) is 5.11 Å². The van der Waals surface area contributed by atoms with Gasteiger partial charge in [-0.05, 0) is 62.0 Å². The molecule has 154 valence electrons. The minimum Gasteiger partial charge on any atom is -0.396 e. The third-order valence-corrected chi connectivity index (χ3v) is 6.41. The van der Waals surface area contributed by atoms with Gasteiger partial charge in [-0.1, -0.05) is 24.3 Å². The van der Waals surface area contributed by atoms with Crippen molar-refractivity contribution < 1.29 is 27.9 Å². The van der Waals surface area contributed by atoms with Crippen LogP contribution in [-0.2, 0) is 21.4 Å². The molecule has 0 spiro atoms. The number of ketones is 2. The van der Waals surface area contributed by atoms with E-state index in [0.29, 0.717) is 24.3 Å². The fourth-order valence-corrected chi connectivity index (χ4v) is 4.58. The first-order chi connectivity index (χ1) is 13.3. The maximum absolute atomic E-state index is 13.5. The number of benzene rings is 1. The van der Waals surface area contributed by atoms with E-state index in [-0.39, 0.29) is 49.8 Å². The van der Waals surface area contributed by atoms with E-state index in [1.807, 2.05) is 0 Å². The average Bonchev–Trinajstić information content (AvgIpc) is 3.32. The van der Waals surface area contributed by atoms with Crippen molar-refractivity contribution in [2.75, 3.05) is 6.61 Å². The van der Waals surface area contributed by atoms with Crippen LogP contribution in [0.1, 0.15) is 62.5 Å². The molecule has 6 heteroatoms. The molecule has 28 heavy (non-hydrogen) atoms. The Morgan fingerprint density at radius 3 is 2.50 bits per heavy atom. The lowest BCUT2D eigenvalue weighted by Crippen LogP contribution is -2.29. The highest BCUT2D eigenvalue weighted by Crippen LogP contribution is 2.59. The van der Waals surface area contributed by atoms with Crippen LogP contribution >= 0.6 is 0 Å². The van der Waals surface area contributed by atoms with Crippen LogP contribution in [0.15, 0.2) is 24.3 Å². The van der Waals surface area contributed by atoms with Gasteiger partial charge in [0.15, 0.2) is 0 Å². The second-order valence-corrected chi connectivity index (χ2v) is 8.31. The number of rotatable bonds is 9. The molecule has 0 aromatic heterocycles. The molecule has 0 radical (unpaired) electrons. The number of carbonyl (C=O) groups excluding carboxylic acids is 2. The van der Waals surface area contributed by atoms with Crippen LogP contribution in [-0.4, -0.2) is 29.5 Å². The van der Waals surface area contributed by atoms with Gasteiger partial charge in [0.1, 0.15) is 11.6 Å². The topological polar surface area (TPSA) is 54.4 Å². The van der Waals surface area contributed by atoms with Gasteiger partial charge in [0.2, 0.25) is 0 Å². The monoisotopic (exact) mass is 396 g/mol. The average molecular weight is 396 g/mol. The number of carbonyl (C=O) groups is 2. The van der Waals surface area contributed by atoms with Gasteiger partial charge in [0, 0.05) is 18.9 Å². The lowest BCUT2D eigenvalue weighted by Gasteiger charge is -2.23. The Morgan fingerprint density at radius 2 is 1.86 bits per heavy atom. The molecule has 2 saturated carbocycles. The molecule has 0 amide bonds. The molecule has 3 nitrogen and oxygen atoms in total. The number of Topliss-reactive ketones (excluding diaryl/α,β-unsaturated/α-hetero) is 2. The van der Waals surface area contributed by atoms with Crippen LogP contribution in [0.25, 0.3) is 0 Å². The van der Waals surface area contributed by atoms with Crippen molar-refractivity contribution in [2.24, 2.45) is 11.8 Å². The molecule has 2 fully saturated rings. The van der Waals surface area contributed by atoms with Gasteiger partial charge in [0.05, 0.1) is 11.8 Å². The molecule has 0 saturated heterocycles. The first kappa shape index (κ1) is 21.0. The summed E-state index contributed by atoms with van der Waals surface area (Å²) in [7, 11) is 0. The first-order valence-electron chi connectivity index (χ1n) is 10.1. The van der Waals surface area contributed by atoms with Gasteiger partial charge in [-0.3, -0.25) is 9.59 Å². The molecule has 3 rings (SSSR count). The van der Waals surface area contributed by atoms with Gasteiger partial charge in [-0.15, -0.1) is 0 Å². The van der Waals surface area contributed by atoms with Crippen molar-refractivity contribution in [3.8, 4) is 0 Å². The summed E-state index contributed by atoms with van der Waals surface area (Å²) in [4.78, 5) is 23.8. The molecule has 1 aromatic rings. The van der Waals surface area contributed by atoms with Crippen molar-refractivity contribution in [3.63, 3.8) is 0 Å². The Kier molecular flexibility index (Phi) is 6.28. The summed E-state index contributed by atoms with van der Waals surface area (Å²) in [5, 5.41) is 8.77. The van der Waals surface area contributed by atoms with E-state index in [2.05, 4.69) is 0 Å². The summed E-state index contributed by atoms with van der Waals surface area (Å²) >= 11 is 0. The van der Waals surface area contributed by atoms with E-state index < -0.39 is 11.6 Å². The third kappa shape index (κ3) is 4.48. The second kappa shape index (κ2) is 8.36. The van der Waals surface area contributed by atoms with Crippen molar-refractivity contribution in [1.29, 1.82) is 0 Å². The van der Waals surface area contributed by atoms with Gasteiger partial charge >= 0.3 is 6.18 Å². The number of aliphatic hydroxyl groups excluding tert-OH is 1. The van der Waals surface area contributed by atoms with Crippen LogP contribution in [0.4, 0.5) is 13.2 Å². The van der Waals surface area contributed by atoms with Crippen molar-refractivity contribution in [2.45, 2.75) is 69.4 Å². The smallest absolute Gasteiger partial charge is 0.396 e. The van der Waals surface area contributed by atoms with E-state index in [1.54, 1.807) is 24.3 Å². The highest BCUT2D eigenvalue weighted by Gasteiger charge is 2.64. The largest absolute Gasteiger partial charge is 0.398 e. The van der Waals surface area contributed by atoms with Crippen LogP contribution < -0.4 is 0 Å². The molecule has 2 atom stereocenters. The highest BCUT2D eigenvalue weighted by atomic mass is 19.4. The minimum absolute atomic E-state index is 0.0135. The lowest BCUT2D eigenvalue weighted by molar-refractivity contribution is -0.160. The van der Waals surface area contributed by atoms with Crippen molar-refractivity contribution >= 4 is 11.6 Å². The SMILES string of the molecule is O=C(CCO)CC(=O)C1CCC(CCc2ccccc2C2(C(F)(F)F)CC2)C1. The molecule has 0 heterocycles. The lowest BCUT2D eigenvalue weighted by atomic mass is 9.87. The van der Waals surface area contributed by atoms with E-state index in [0.717, 1.165) is 24.8 Å². The molecule has 2 aliphatic rings. The van der Waals surface area contributed by atoms with Crippen LogP contribution in [0.3, 0.4) is 0 Å². The van der Waals surface area contributed by atoms with Crippen LogP contribution in [0, 0.1) is 11.8 Å². The normalized spacial score (nSPS) is 23.6. The molecule has 1 N–H and O–H groups in total. The number of aryl methyl sites for hydroxylation is 1. The molecular formula is C22H27F3O3. The number of alkyl halides is 3. The number of hydrogen-bond acceptors (Lipinski definition) is 3. The molecule has 0 bridgehead atoms. The van der Waals surface area contributed by atoms with E-state index in [9.17, 15) is 22.8 Å². The molecule has 1 aromatic carbocycles. The van der Waals surface area contributed by atoms with Crippen molar-refractivity contribution in [1.82, 2.24) is 0 Å². The summed E-state index contributed by atoms with van der Waals surface area (Å²) < 4.78 is 40.6.